The lowest BCUT2D eigenvalue weighted by Crippen LogP contribution is -2.54. The van der Waals surface area contributed by atoms with E-state index in [0.717, 1.165) is 6.54 Å². The molecule has 1 unspecified atom stereocenters. The molecule has 1 N–H and O–H groups in total. The number of carbonyl (C=O) groups is 1. The number of hydrogen-bond donors (Lipinski definition) is 1. The number of amides is 2. The zero-order chi connectivity index (χ0) is 18.7. The molecule has 138 valence electrons. The lowest BCUT2D eigenvalue weighted by Gasteiger charge is -2.41. The number of anilines is 2. The summed E-state index contributed by atoms with van der Waals surface area (Å²) in [4.78, 5) is 16.9. The number of halogens is 1. The van der Waals surface area contributed by atoms with Crippen LogP contribution in [0.15, 0.2) is 42.5 Å². The second kappa shape index (κ2) is 7.87. The molecule has 0 saturated carbocycles. The van der Waals surface area contributed by atoms with Gasteiger partial charge < -0.3 is 19.9 Å². The third kappa shape index (κ3) is 4.05. The number of ether oxygens (including phenoxy) is 1. The number of piperazine rings is 1. The molecular formula is C20H24ClN3O2. The average Bonchev–Trinajstić information content (AvgIpc) is 2.61. The molecule has 1 heterocycles. The summed E-state index contributed by atoms with van der Waals surface area (Å²) in [6.07, 6.45) is 0. The Morgan fingerprint density at radius 1 is 1.23 bits per heavy atom. The summed E-state index contributed by atoms with van der Waals surface area (Å²) in [5.41, 5.74) is 3.02. The Morgan fingerprint density at radius 2 is 2.04 bits per heavy atom. The van der Waals surface area contributed by atoms with Crippen molar-refractivity contribution < 1.29 is 9.53 Å². The summed E-state index contributed by atoms with van der Waals surface area (Å²) in [6, 6.07) is 13.7. The van der Waals surface area contributed by atoms with Gasteiger partial charge in [-0.05, 0) is 49.7 Å². The maximum absolute atomic E-state index is 12.7. The van der Waals surface area contributed by atoms with Crippen molar-refractivity contribution in [2.45, 2.75) is 19.9 Å². The zero-order valence-electron chi connectivity index (χ0n) is 15.3. The Morgan fingerprint density at radius 3 is 2.73 bits per heavy atom. The normalized spacial score (nSPS) is 17.2. The fourth-order valence-corrected chi connectivity index (χ4v) is 3.48. The van der Waals surface area contributed by atoms with Gasteiger partial charge in [0.15, 0.2) is 0 Å². The van der Waals surface area contributed by atoms with E-state index >= 15 is 0 Å². The third-order valence-electron chi connectivity index (χ3n) is 4.65. The lowest BCUT2D eigenvalue weighted by molar-refractivity contribution is 0.200. The Kier molecular flexibility index (Phi) is 5.57. The Hall–Kier alpha value is -2.40. The number of methoxy groups -OCH3 is 1. The number of nitrogens with zero attached hydrogens (tertiary/aromatic N) is 2. The first-order valence-electron chi connectivity index (χ1n) is 8.70. The van der Waals surface area contributed by atoms with Crippen molar-refractivity contribution in [3.63, 3.8) is 0 Å². The van der Waals surface area contributed by atoms with E-state index < -0.39 is 0 Å². The minimum absolute atomic E-state index is 0.138. The molecule has 1 atom stereocenters. The molecule has 5 nitrogen and oxygen atoms in total. The summed E-state index contributed by atoms with van der Waals surface area (Å²) in [7, 11) is 1.57. The van der Waals surface area contributed by atoms with Crippen molar-refractivity contribution in [1.82, 2.24) is 4.90 Å². The van der Waals surface area contributed by atoms with Crippen LogP contribution < -0.4 is 15.0 Å². The molecule has 1 aliphatic heterocycles. The maximum atomic E-state index is 12.7. The summed E-state index contributed by atoms with van der Waals surface area (Å²) in [5.74, 6) is 0.592. The van der Waals surface area contributed by atoms with Crippen LogP contribution in [-0.2, 0) is 0 Å². The van der Waals surface area contributed by atoms with Gasteiger partial charge in [-0.15, -0.1) is 0 Å². The lowest BCUT2D eigenvalue weighted by atomic mass is 10.1. The first-order valence-corrected chi connectivity index (χ1v) is 9.08. The SMILES string of the molecule is COc1ccc(Cl)cc1NC(=O)N1CCN(c2cccc(C)c2)C(C)C1. The van der Waals surface area contributed by atoms with Crippen LogP contribution in [0.5, 0.6) is 5.75 Å². The highest BCUT2D eigenvalue weighted by Crippen LogP contribution is 2.28. The smallest absolute Gasteiger partial charge is 0.322 e. The molecule has 0 aliphatic carbocycles. The van der Waals surface area contributed by atoms with Crippen LogP contribution in [0.25, 0.3) is 0 Å². The molecule has 26 heavy (non-hydrogen) atoms. The van der Waals surface area contributed by atoms with Gasteiger partial charge in [0, 0.05) is 36.4 Å². The number of hydrogen-bond acceptors (Lipinski definition) is 3. The molecule has 0 radical (unpaired) electrons. The number of urea groups is 1. The van der Waals surface area contributed by atoms with Gasteiger partial charge in [0.25, 0.3) is 0 Å². The highest BCUT2D eigenvalue weighted by molar-refractivity contribution is 6.31. The maximum Gasteiger partial charge on any atom is 0.322 e. The average molecular weight is 374 g/mol. The number of nitrogens with one attached hydrogen (secondary N) is 1. The molecule has 3 rings (SSSR count). The minimum atomic E-state index is -0.138. The Labute approximate surface area is 159 Å². The molecule has 6 heteroatoms. The van der Waals surface area contributed by atoms with Crippen LogP contribution in [-0.4, -0.2) is 43.7 Å². The molecular weight excluding hydrogens is 350 g/mol. The molecule has 0 bridgehead atoms. The predicted molar refractivity (Wildman–Crippen MR) is 107 cm³/mol. The highest BCUT2D eigenvalue weighted by Gasteiger charge is 2.27. The van der Waals surface area contributed by atoms with Crippen LogP contribution in [0, 0.1) is 6.92 Å². The summed E-state index contributed by atoms with van der Waals surface area (Å²) >= 11 is 6.04. The molecule has 0 spiro atoms. The molecule has 1 fully saturated rings. The number of carbonyl (C=O) groups excluding carboxylic acids is 1. The standard InChI is InChI=1S/C20H24ClN3O2/c1-14-5-4-6-17(11-14)24-10-9-23(13-15(24)2)20(25)22-18-12-16(21)7-8-19(18)26-3/h4-8,11-12,15H,9-10,13H2,1-3H3,(H,22,25). The third-order valence-corrected chi connectivity index (χ3v) is 4.89. The minimum Gasteiger partial charge on any atom is -0.495 e. The molecule has 1 saturated heterocycles. The summed E-state index contributed by atoms with van der Waals surface area (Å²) in [6.45, 7) is 6.35. The molecule has 0 aromatic heterocycles. The van der Waals surface area contributed by atoms with E-state index in [1.54, 1.807) is 25.3 Å². The zero-order valence-corrected chi connectivity index (χ0v) is 16.1. The fourth-order valence-electron chi connectivity index (χ4n) is 3.30. The summed E-state index contributed by atoms with van der Waals surface area (Å²) < 4.78 is 5.30. The van der Waals surface area contributed by atoms with Crippen molar-refractivity contribution >= 4 is 29.0 Å². The molecule has 1 aliphatic rings. The topological polar surface area (TPSA) is 44.8 Å². The second-order valence-electron chi connectivity index (χ2n) is 6.60. The van der Waals surface area contributed by atoms with Crippen molar-refractivity contribution in [3.05, 3.63) is 53.1 Å². The van der Waals surface area contributed by atoms with Gasteiger partial charge in [0.1, 0.15) is 5.75 Å². The van der Waals surface area contributed by atoms with Crippen LogP contribution in [0.2, 0.25) is 5.02 Å². The first-order chi connectivity index (χ1) is 12.5. The number of rotatable bonds is 3. The fraction of sp³-hybridized carbons (Fsp3) is 0.350. The van der Waals surface area contributed by atoms with Crippen LogP contribution >= 0.6 is 11.6 Å². The summed E-state index contributed by atoms with van der Waals surface area (Å²) in [5, 5.41) is 3.47. The van der Waals surface area contributed by atoms with Gasteiger partial charge in [-0.2, -0.15) is 0 Å². The van der Waals surface area contributed by atoms with Gasteiger partial charge in [-0.1, -0.05) is 23.7 Å². The quantitative estimate of drug-likeness (QED) is 0.867. The predicted octanol–water partition coefficient (Wildman–Crippen LogP) is 4.40. The van der Waals surface area contributed by atoms with E-state index in [1.165, 1.54) is 11.3 Å². The number of aryl methyl sites for hydroxylation is 1. The van der Waals surface area contributed by atoms with Crippen LogP contribution in [0.4, 0.5) is 16.2 Å². The van der Waals surface area contributed by atoms with Crippen molar-refractivity contribution in [2.75, 3.05) is 37.0 Å². The van der Waals surface area contributed by atoms with E-state index in [0.29, 0.717) is 29.5 Å². The van der Waals surface area contributed by atoms with Crippen LogP contribution in [0.1, 0.15) is 12.5 Å². The van der Waals surface area contributed by atoms with E-state index in [4.69, 9.17) is 16.3 Å². The highest BCUT2D eigenvalue weighted by atomic mass is 35.5. The second-order valence-corrected chi connectivity index (χ2v) is 7.04. The largest absolute Gasteiger partial charge is 0.495 e. The van der Waals surface area contributed by atoms with Crippen molar-refractivity contribution in [2.24, 2.45) is 0 Å². The van der Waals surface area contributed by atoms with E-state index in [2.05, 4.69) is 48.3 Å². The van der Waals surface area contributed by atoms with Gasteiger partial charge >= 0.3 is 6.03 Å². The van der Waals surface area contributed by atoms with Gasteiger partial charge in [0.2, 0.25) is 0 Å². The van der Waals surface area contributed by atoms with Gasteiger partial charge in [-0.3, -0.25) is 0 Å². The van der Waals surface area contributed by atoms with Gasteiger partial charge in [0.05, 0.1) is 12.8 Å². The Bertz CT molecular complexity index is 796. The van der Waals surface area contributed by atoms with Crippen molar-refractivity contribution in [3.8, 4) is 5.75 Å². The molecule has 2 amide bonds. The van der Waals surface area contributed by atoms with Crippen LogP contribution in [0.3, 0.4) is 0 Å². The number of benzene rings is 2. The van der Waals surface area contributed by atoms with E-state index in [1.807, 2.05) is 4.90 Å². The molecule has 2 aromatic carbocycles. The van der Waals surface area contributed by atoms with Gasteiger partial charge in [-0.25, -0.2) is 4.79 Å². The first kappa shape index (κ1) is 18.4. The Balaban J connectivity index is 1.67. The van der Waals surface area contributed by atoms with E-state index in [-0.39, 0.29) is 12.1 Å². The molecule has 2 aromatic rings. The van der Waals surface area contributed by atoms with Crippen molar-refractivity contribution in [1.29, 1.82) is 0 Å². The van der Waals surface area contributed by atoms with E-state index in [9.17, 15) is 4.79 Å². The monoisotopic (exact) mass is 373 g/mol.